The molecule has 0 heteroatoms. The Labute approximate surface area is 102 Å². The van der Waals surface area contributed by atoms with Crippen LogP contribution < -0.4 is 0 Å². The van der Waals surface area contributed by atoms with Crippen LogP contribution in [-0.4, -0.2) is 0 Å². The molecule has 0 aliphatic heterocycles. The lowest BCUT2D eigenvalue weighted by Crippen LogP contribution is -2.02. The van der Waals surface area contributed by atoms with Crippen molar-refractivity contribution in [3.8, 4) is 0 Å². The summed E-state index contributed by atoms with van der Waals surface area (Å²) in [7, 11) is 0. The van der Waals surface area contributed by atoms with E-state index in [2.05, 4.69) is 32.1 Å². The SMILES string of the molecule is C1=CCCCCC1.CCC1=CCCC[C@@H]1C. The van der Waals surface area contributed by atoms with Crippen LogP contribution in [0, 0.1) is 5.92 Å². The van der Waals surface area contributed by atoms with Gasteiger partial charge < -0.3 is 0 Å². The van der Waals surface area contributed by atoms with Gasteiger partial charge >= 0.3 is 0 Å². The van der Waals surface area contributed by atoms with E-state index in [1.165, 1.54) is 57.8 Å². The summed E-state index contributed by atoms with van der Waals surface area (Å²) in [6.07, 6.45) is 19.3. The van der Waals surface area contributed by atoms with Gasteiger partial charge in [0, 0.05) is 0 Å². The maximum Gasteiger partial charge on any atom is -0.0232 e. The molecule has 0 saturated carbocycles. The van der Waals surface area contributed by atoms with Gasteiger partial charge in [-0.25, -0.2) is 0 Å². The van der Waals surface area contributed by atoms with Crippen LogP contribution in [0.5, 0.6) is 0 Å². The number of rotatable bonds is 1. The lowest BCUT2D eigenvalue weighted by atomic mass is 9.88. The third-order valence-electron chi connectivity index (χ3n) is 3.70. The molecule has 2 rings (SSSR count). The minimum absolute atomic E-state index is 0.878. The summed E-state index contributed by atoms with van der Waals surface area (Å²) in [5, 5.41) is 0. The van der Waals surface area contributed by atoms with Crippen LogP contribution in [0.4, 0.5) is 0 Å². The second kappa shape index (κ2) is 8.61. The van der Waals surface area contributed by atoms with Crippen molar-refractivity contribution >= 4 is 0 Å². The molecule has 0 unspecified atom stereocenters. The second-order valence-corrected chi connectivity index (χ2v) is 5.07. The van der Waals surface area contributed by atoms with E-state index in [-0.39, 0.29) is 0 Å². The van der Waals surface area contributed by atoms with E-state index in [1.807, 2.05) is 0 Å². The van der Waals surface area contributed by atoms with Gasteiger partial charge in [0.2, 0.25) is 0 Å². The molecule has 92 valence electrons. The van der Waals surface area contributed by atoms with Gasteiger partial charge in [-0.3, -0.25) is 0 Å². The molecule has 0 saturated heterocycles. The Balaban J connectivity index is 0.000000165. The van der Waals surface area contributed by atoms with E-state index < -0.39 is 0 Å². The summed E-state index contributed by atoms with van der Waals surface area (Å²) in [6.45, 7) is 4.60. The first kappa shape index (κ1) is 13.5. The maximum atomic E-state index is 2.42. The zero-order valence-electron chi connectivity index (χ0n) is 11.2. The number of allylic oxidation sites excluding steroid dienone is 4. The predicted molar refractivity (Wildman–Crippen MR) is 73.6 cm³/mol. The van der Waals surface area contributed by atoms with Gasteiger partial charge in [-0.15, -0.1) is 0 Å². The van der Waals surface area contributed by atoms with Crippen molar-refractivity contribution in [1.82, 2.24) is 0 Å². The largest absolute Gasteiger partial charge is 0.0885 e. The van der Waals surface area contributed by atoms with Crippen molar-refractivity contribution in [3.05, 3.63) is 23.8 Å². The predicted octanol–water partition coefficient (Wildman–Crippen LogP) is 5.65. The molecule has 0 fully saturated rings. The maximum absolute atomic E-state index is 2.42. The molecule has 1 atom stereocenters. The first-order valence-electron chi connectivity index (χ1n) is 7.18. The van der Waals surface area contributed by atoms with E-state index >= 15 is 0 Å². The van der Waals surface area contributed by atoms with Crippen molar-refractivity contribution in [2.24, 2.45) is 5.92 Å². The third-order valence-corrected chi connectivity index (χ3v) is 3.70. The van der Waals surface area contributed by atoms with Gasteiger partial charge in [-0.1, -0.05) is 44.1 Å². The average Bonchev–Trinajstić information content (AvgIpc) is 2.62. The molecule has 0 N–H and O–H groups in total. The van der Waals surface area contributed by atoms with Gasteiger partial charge in [-0.05, 0) is 57.3 Å². The molecule has 16 heavy (non-hydrogen) atoms. The number of hydrogen-bond donors (Lipinski definition) is 0. The van der Waals surface area contributed by atoms with Crippen molar-refractivity contribution in [1.29, 1.82) is 0 Å². The average molecular weight is 220 g/mol. The highest BCUT2D eigenvalue weighted by molar-refractivity contribution is 5.07. The lowest BCUT2D eigenvalue weighted by molar-refractivity contribution is 0.538. The Hall–Kier alpha value is -0.520. The Bertz CT molecular complexity index is 214. The molecule has 0 bridgehead atoms. The first-order valence-corrected chi connectivity index (χ1v) is 7.18. The van der Waals surface area contributed by atoms with Gasteiger partial charge in [0.1, 0.15) is 0 Å². The minimum atomic E-state index is 0.878. The molecule has 0 heterocycles. The van der Waals surface area contributed by atoms with E-state index in [9.17, 15) is 0 Å². The number of hydrogen-bond acceptors (Lipinski definition) is 0. The molecule has 0 aromatic rings. The van der Waals surface area contributed by atoms with E-state index in [0.717, 1.165) is 5.92 Å². The van der Waals surface area contributed by atoms with E-state index in [4.69, 9.17) is 0 Å². The van der Waals surface area contributed by atoms with Crippen molar-refractivity contribution in [2.45, 2.75) is 71.6 Å². The molecule has 0 amide bonds. The van der Waals surface area contributed by atoms with Crippen molar-refractivity contribution < 1.29 is 0 Å². The fraction of sp³-hybridized carbons (Fsp3) is 0.750. The third kappa shape index (κ3) is 5.53. The summed E-state index contributed by atoms with van der Waals surface area (Å²) in [4.78, 5) is 0. The van der Waals surface area contributed by atoms with E-state index in [1.54, 1.807) is 5.57 Å². The zero-order valence-corrected chi connectivity index (χ0v) is 11.2. The Morgan fingerprint density at radius 1 is 1.00 bits per heavy atom. The summed E-state index contributed by atoms with van der Waals surface area (Å²) in [5.74, 6) is 0.878. The molecule has 0 spiro atoms. The van der Waals surface area contributed by atoms with Crippen LogP contribution in [0.1, 0.15) is 71.6 Å². The minimum Gasteiger partial charge on any atom is -0.0885 e. The van der Waals surface area contributed by atoms with Crippen LogP contribution in [0.25, 0.3) is 0 Å². The lowest BCUT2D eigenvalue weighted by Gasteiger charge is -2.18. The van der Waals surface area contributed by atoms with Crippen LogP contribution >= 0.6 is 0 Å². The van der Waals surface area contributed by atoms with Gasteiger partial charge in [0.05, 0.1) is 0 Å². The fourth-order valence-electron chi connectivity index (χ4n) is 2.53. The van der Waals surface area contributed by atoms with Gasteiger partial charge in [-0.2, -0.15) is 0 Å². The highest BCUT2D eigenvalue weighted by Gasteiger charge is 2.09. The van der Waals surface area contributed by atoms with E-state index in [0.29, 0.717) is 0 Å². The first-order chi connectivity index (χ1) is 7.84. The standard InChI is InChI=1S/C9H16.C7H12/c1-3-9-7-5-4-6-8(9)2;1-2-4-6-7-5-3-1/h7-8H,3-6H2,1-2H3;1-2H,3-7H2/t8-;/m0./s1. The quantitative estimate of drug-likeness (QED) is 0.501. The van der Waals surface area contributed by atoms with Crippen LogP contribution in [0.2, 0.25) is 0 Å². The zero-order chi connectivity index (χ0) is 11.6. The topological polar surface area (TPSA) is 0 Å². The molecular formula is C16H28. The molecular weight excluding hydrogens is 192 g/mol. The van der Waals surface area contributed by atoms with Gasteiger partial charge in [0.25, 0.3) is 0 Å². The Kier molecular flexibility index (Phi) is 7.29. The molecule has 0 nitrogen and oxygen atoms in total. The molecule has 2 aliphatic rings. The summed E-state index contributed by atoms with van der Waals surface area (Å²) < 4.78 is 0. The van der Waals surface area contributed by atoms with Crippen LogP contribution in [0.3, 0.4) is 0 Å². The fourth-order valence-corrected chi connectivity index (χ4v) is 2.53. The van der Waals surface area contributed by atoms with Crippen LogP contribution in [0.15, 0.2) is 23.8 Å². The van der Waals surface area contributed by atoms with Crippen molar-refractivity contribution in [2.75, 3.05) is 0 Å². The second-order valence-electron chi connectivity index (χ2n) is 5.07. The van der Waals surface area contributed by atoms with Crippen molar-refractivity contribution in [3.63, 3.8) is 0 Å². The molecule has 0 aromatic heterocycles. The highest BCUT2D eigenvalue weighted by atomic mass is 14.1. The molecule has 0 radical (unpaired) electrons. The smallest absolute Gasteiger partial charge is 0.0232 e. The Morgan fingerprint density at radius 2 is 1.69 bits per heavy atom. The normalized spacial score (nSPS) is 25.1. The summed E-state index contributed by atoms with van der Waals surface area (Å²) in [6, 6.07) is 0. The molecule has 2 aliphatic carbocycles. The summed E-state index contributed by atoms with van der Waals surface area (Å²) >= 11 is 0. The van der Waals surface area contributed by atoms with Gasteiger partial charge in [0.15, 0.2) is 0 Å². The van der Waals surface area contributed by atoms with Crippen LogP contribution in [-0.2, 0) is 0 Å². The Morgan fingerprint density at radius 3 is 2.19 bits per heavy atom. The highest BCUT2D eigenvalue weighted by Crippen LogP contribution is 2.25. The molecule has 0 aromatic carbocycles. The monoisotopic (exact) mass is 220 g/mol. The summed E-state index contributed by atoms with van der Waals surface area (Å²) in [5.41, 5.74) is 1.68.